The molecule has 0 aliphatic carbocycles. The van der Waals surface area contributed by atoms with E-state index in [1.807, 2.05) is 0 Å². The van der Waals surface area contributed by atoms with Crippen molar-refractivity contribution in [3.8, 4) is 11.5 Å². The molecule has 1 aromatic carbocycles. The summed E-state index contributed by atoms with van der Waals surface area (Å²) < 4.78 is 5.09. The Balaban J connectivity index is 2.34. The highest BCUT2D eigenvalue weighted by Gasteiger charge is 2.32. The Morgan fingerprint density at radius 2 is 2.03 bits per heavy atom. The maximum Gasteiger partial charge on any atom is 0.322 e. The lowest BCUT2D eigenvalue weighted by Gasteiger charge is -2.11. The van der Waals surface area contributed by atoms with Gasteiger partial charge in [0.2, 0.25) is 0 Å². The number of ether oxygens (including phenoxy) is 1. The maximum atomic E-state index is 12.7. The average Bonchev–Trinajstić information content (AvgIpc) is 2.92. The fourth-order valence-electron chi connectivity index (χ4n) is 2.24. The number of nitrogens with one attached hydrogen (secondary N) is 1. The molecule has 29 heavy (non-hydrogen) atoms. The fourth-order valence-corrected chi connectivity index (χ4v) is 3.44. The standard InChI is InChI=1S/C18H16N2O7S2/c1-9(21)11(16(25)19-7-14(22)23)8-20-17(26)13(29-18(20)28)6-10-4-3-5-12(27-2)15(10)24/h3-6,8,24H,7H2,1-2H3,(H,19,25)(H,22,23)/b11-8-,13-6-. The van der Waals surface area contributed by atoms with E-state index in [0.717, 1.165) is 29.8 Å². The number of thiocarbonyl (C=S) groups is 1. The van der Waals surface area contributed by atoms with Gasteiger partial charge in [-0.3, -0.25) is 24.1 Å². The second-order valence-electron chi connectivity index (χ2n) is 5.63. The van der Waals surface area contributed by atoms with E-state index in [1.54, 1.807) is 18.2 Å². The van der Waals surface area contributed by atoms with Crippen molar-refractivity contribution >= 4 is 57.9 Å². The fraction of sp³-hybridized carbons (Fsp3) is 0.167. The quantitative estimate of drug-likeness (QED) is 0.250. The van der Waals surface area contributed by atoms with E-state index in [0.29, 0.717) is 5.56 Å². The van der Waals surface area contributed by atoms with Crippen LogP contribution in [-0.2, 0) is 19.2 Å². The minimum absolute atomic E-state index is 0.0634. The molecular formula is C18H16N2O7S2. The average molecular weight is 436 g/mol. The van der Waals surface area contributed by atoms with Crippen LogP contribution in [0, 0.1) is 0 Å². The van der Waals surface area contributed by atoms with E-state index >= 15 is 0 Å². The van der Waals surface area contributed by atoms with E-state index in [1.165, 1.54) is 13.2 Å². The number of aromatic hydroxyl groups is 1. The van der Waals surface area contributed by atoms with E-state index in [4.69, 9.17) is 22.1 Å². The normalized spacial score (nSPS) is 15.6. The first kappa shape index (κ1) is 22.1. The number of benzene rings is 1. The van der Waals surface area contributed by atoms with Crippen molar-refractivity contribution in [1.29, 1.82) is 0 Å². The summed E-state index contributed by atoms with van der Waals surface area (Å²) in [7, 11) is 1.39. The number of carboxylic acids is 1. The molecule has 1 heterocycles. The predicted octanol–water partition coefficient (Wildman–Crippen LogP) is 1.28. The summed E-state index contributed by atoms with van der Waals surface area (Å²) in [5, 5.41) is 20.9. The van der Waals surface area contributed by atoms with Crippen LogP contribution in [0.4, 0.5) is 0 Å². The van der Waals surface area contributed by atoms with Crippen LogP contribution < -0.4 is 10.1 Å². The smallest absolute Gasteiger partial charge is 0.322 e. The van der Waals surface area contributed by atoms with Crippen molar-refractivity contribution in [3.05, 3.63) is 40.4 Å². The number of aliphatic carboxylic acids is 1. The molecular weight excluding hydrogens is 420 g/mol. The minimum atomic E-state index is -1.28. The summed E-state index contributed by atoms with van der Waals surface area (Å²) in [6.07, 6.45) is 2.38. The lowest BCUT2D eigenvalue weighted by atomic mass is 10.1. The number of amides is 2. The Hall–Kier alpha value is -3.18. The predicted molar refractivity (Wildman–Crippen MR) is 109 cm³/mol. The third-order valence-corrected chi connectivity index (χ3v) is 4.97. The third kappa shape index (κ3) is 5.21. The zero-order chi connectivity index (χ0) is 21.7. The maximum absolute atomic E-state index is 12.7. The van der Waals surface area contributed by atoms with Crippen LogP contribution in [0.2, 0.25) is 0 Å². The largest absolute Gasteiger partial charge is 0.504 e. The molecule has 1 aliphatic heterocycles. The molecule has 2 rings (SSSR count). The highest BCUT2D eigenvalue weighted by molar-refractivity contribution is 8.26. The Morgan fingerprint density at radius 1 is 1.34 bits per heavy atom. The van der Waals surface area contributed by atoms with Gasteiger partial charge in [0.15, 0.2) is 21.6 Å². The number of carbonyl (C=O) groups is 4. The summed E-state index contributed by atoms with van der Waals surface area (Å²) in [5.74, 6) is -3.43. The number of phenols is 1. The molecule has 0 bridgehead atoms. The van der Waals surface area contributed by atoms with Gasteiger partial charge in [-0.15, -0.1) is 0 Å². The Bertz CT molecular complexity index is 969. The van der Waals surface area contributed by atoms with Crippen LogP contribution in [0.5, 0.6) is 11.5 Å². The topological polar surface area (TPSA) is 133 Å². The van der Waals surface area contributed by atoms with E-state index in [-0.39, 0.29) is 20.7 Å². The summed E-state index contributed by atoms with van der Waals surface area (Å²) >= 11 is 6.07. The van der Waals surface area contributed by atoms with Gasteiger partial charge < -0.3 is 20.3 Å². The van der Waals surface area contributed by atoms with Gasteiger partial charge in [-0.05, 0) is 19.1 Å². The molecule has 1 aliphatic rings. The third-order valence-electron chi connectivity index (χ3n) is 3.64. The molecule has 9 nitrogen and oxygen atoms in total. The van der Waals surface area contributed by atoms with Crippen LogP contribution in [0.25, 0.3) is 6.08 Å². The molecule has 11 heteroatoms. The Labute approximate surface area is 175 Å². The molecule has 0 unspecified atom stereocenters. The molecule has 0 spiro atoms. The molecule has 152 valence electrons. The van der Waals surface area contributed by atoms with Crippen molar-refractivity contribution < 1.29 is 34.1 Å². The lowest BCUT2D eigenvalue weighted by Crippen LogP contribution is -2.34. The molecule has 1 fully saturated rings. The molecule has 3 N–H and O–H groups in total. The van der Waals surface area contributed by atoms with Gasteiger partial charge in [0.05, 0.1) is 17.6 Å². The van der Waals surface area contributed by atoms with E-state index in [2.05, 4.69) is 5.32 Å². The first-order valence-corrected chi connectivity index (χ1v) is 9.24. The van der Waals surface area contributed by atoms with Crippen molar-refractivity contribution in [3.63, 3.8) is 0 Å². The van der Waals surface area contributed by atoms with Gasteiger partial charge >= 0.3 is 5.97 Å². The number of carboxylic acid groups (broad SMARTS) is 1. The summed E-state index contributed by atoms with van der Waals surface area (Å²) in [5.41, 5.74) is -0.104. The zero-order valence-corrected chi connectivity index (χ0v) is 16.9. The summed E-state index contributed by atoms with van der Waals surface area (Å²) in [4.78, 5) is 48.2. The number of hydrogen-bond donors (Lipinski definition) is 3. The number of Topliss-reactive ketones (excluding diaryl/α,β-unsaturated/α-hetero) is 1. The molecule has 0 aromatic heterocycles. The molecule has 0 atom stereocenters. The van der Waals surface area contributed by atoms with Gasteiger partial charge in [-0.25, -0.2) is 0 Å². The molecule has 0 radical (unpaired) electrons. The van der Waals surface area contributed by atoms with Crippen molar-refractivity contribution in [1.82, 2.24) is 10.2 Å². The van der Waals surface area contributed by atoms with Gasteiger partial charge in [-0.1, -0.05) is 36.1 Å². The van der Waals surface area contributed by atoms with Gasteiger partial charge in [0.1, 0.15) is 6.54 Å². The number of methoxy groups -OCH3 is 1. The molecule has 0 saturated carbocycles. The first-order chi connectivity index (χ1) is 13.6. The molecule has 1 saturated heterocycles. The van der Waals surface area contributed by atoms with Crippen molar-refractivity contribution in [2.75, 3.05) is 13.7 Å². The molecule has 1 aromatic rings. The Morgan fingerprint density at radius 3 is 2.62 bits per heavy atom. The monoisotopic (exact) mass is 436 g/mol. The SMILES string of the molecule is COc1cccc(/C=C2\SC(=S)N(/C=C(/C(C)=O)C(=O)NCC(=O)O)C2=O)c1O. The van der Waals surface area contributed by atoms with Gasteiger partial charge in [0, 0.05) is 11.8 Å². The highest BCUT2D eigenvalue weighted by atomic mass is 32.2. The van der Waals surface area contributed by atoms with Crippen LogP contribution in [0.15, 0.2) is 34.9 Å². The highest BCUT2D eigenvalue weighted by Crippen LogP contribution is 2.37. The Kier molecular flexibility index (Phi) is 7.13. The van der Waals surface area contributed by atoms with Gasteiger partial charge in [0.25, 0.3) is 11.8 Å². The van der Waals surface area contributed by atoms with Crippen LogP contribution in [-0.4, -0.2) is 56.7 Å². The number of hydrogen-bond acceptors (Lipinski definition) is 8. The van der Waals surface area contributed by atoms with Gasteiger partial charge in [-0.2, -0.15) is 0 Å². The van der Waals surface area contributed by atoms with Crippen molar-refractivity contribution in [2.45, 2.75) is 6.92 Å². The van der Waals surface area contributed by atoms with Crippen molar-refractivity contribution in [2.24, 2.45) is 0 Å². The number of phenolic OH excluding ortho intramolecular Hbond substituents is 1. The van der Waals surface area contributed by atoms with Crippen LogP contribution in [0.3, 0.4) is 0 Å². The van der Waals surface area contributed by atoms with E-state index in [9.17, 15) is 24.3 Å². The lowest BCUT2D eigenvalue weighted by molar-refractivity contribution is -0.137. The number of carbonyl (C=O) groups excluding carboxylic acids is 3. The second kappa shape index (κ2) is 9.34. The summed E-state index contributed by atoms with van der Waals surface area (Å²) in [6.45, 7) is 0.421. The number of ketones is 1. The molecule has 2 amide bonds. The van der Waals surface area contributed by atoms with E-state index < -0.39 is 35.7 Å². The summed E-state index contributed by atoms with van der Waals surface area (Å²) in [6, 6.07) is 4.75. The van der Waals surface area contributed by atoms with Crippen LogP contribution >= 0.6 is 24.0 Å². The number of nitrogens with zero attached hydrogens (tertiary/aromatic N) is 1. The first-order valence-electron chi connectivity index (χ1n) is 8.01. The number of rotatable bonds is 7. The second-order valence-corrected chi connectivity index (χ2v) is 7.30. The zero-order valence-electron chi connectivity index (χ0n) is 15.3. The minimum Gasteiger partial charge on any atom is -0.504 e. The van der Waals surface area contributed by atoms with Crippen LogP contribution in [0.1, 0.15) is 12.5 Å². The number of thioether (sulfide) groups is 1. The number of para-hydroxylation sites is 1.